The molecule has 0 aliphatic carbocycles. The Hall–Kier alpha value is -1.26. The first-order chi connectivity index (χ1) is 9.38. The lowest BCUT2D eigenvalue weighted by molar-refractivity contribution is -0.123. The van der Waals surface area contributed by atoms with Crippen LogP contribution in [0.4, 0.5) is 0 Å². The van der Waals surface area contributed by atoms with Crippen LogP contribution in [0.1, 0.15) is 12.5 Å². The fraction of sp³-hybridized carbons (Fsp3) is 0.533. The van der Waals surface area contributed by atoms with E-state index < -0.39 is 0 Å². The van der Waals surface area contributed by atoms with Gasteiger partial charge in [-0.25, -0.2) is 0 Å². The number of hydrogen-bond donors (Lipinski definition) is 1. The second-order valence-electron chi connectivity index (χ2n) is 5.37. The van der Waals surface area contributed by atoms with E-state index in [1.807, 2.05) is 27.1 Å². The van der Waals surface area contributed by atoms with Crippen LogP contribution >= 0.6 is 11.6 Å². The summed E-state index contributed by atoms with van der Waals surface area (Å²) in [7, 11) is 4.04. The van der Waals surface area contributed by atoms with Gasteiger partial charge in [-0.2, -0.15) is 0 Å². The van der Waals surface area contributed by atoms with E-state index in [2.05, 4.69) is 17.1 Å². The number of halogens is 1. The van der Waals surface area contributed by atoms with Gasteiger partial charge in [0, 0.05) is 18.1 Å². The molecule has 5 heteroatoms. The number of benzene rings is 1. The van der Waals surface area contributed by atoms with Gasteiger partial charge in [0.25, 0.3) is 5.91 Å². The Morgan fingerprint density at radius 3 is 2.75 bits per heavy atom. The van der Waals surface area contributed by atoms with Gasteiger partial charge in [0.1, 0.15) is 5.75 Å². The number of amides is 1. The van der Waals surface area contributed by atoms with Crippen molar-refractivity contribution in [2.24, 2.45) is 5.92 Å². The zero-order chi connectivity index (χ0) is 15.1. The molecule has 1 rings (SSSR count). The predicted octanol–water partition coefficient (Wildman–Crippen LogP) is 2.34. The molecule has 0 saturated heterocycles. The van der Waals surface area contributed by atoms with E-state index in [1.54, 1.807) is 12.1 Å². The number of carbonyl (C=O) groups is 1. The van der Waals surface area contributed by atoms with Crippen molar-refractivity contribution in [3.8, 4) is 5.75 Å². The van der Waals surface area contributed by atoms with Crippen LogP contribution < -0.4 is 10.1 Å². The van der Waals surface area contributed by atoms with Gasteiger partial charge in [0.15, 0.2) is 6.61 Å². The summed E-state index contributed by atoms with van der Waals surface area (Å²) in [4.78, 5) is 13.8. The zero-order valence-corrected chi connectivity index (χ0v) is 13.3. The summed E-state index contributed by atoms with van der Waals surface area (Å²) in [6, 6.07) is 5.35. The van der Waals surface area contributed by atoms with Crippen molar-refractivity contribution in [3.05, 3.63) is 28.8 Å². The molecule has 20 heavy (non-hydrogen) atoms. The summed E-state index contributed by atoms with van der Waals surface area (Å²) in [5, 5.41) is 3.56. The standard InChI is InChI=1S/C15H23ClN2O2/c1-11(9-18(3)4)8-17-15(19)10-20-13-5-6-14(16)12(2)7-13/h5-7,11H,8-10H2,1-4H3,(H,17,19). The van der Waals surface area contributed by atoms with Gasteiger partial charge in [-0.3, -0.25) is 4.79 Å². The van der Waals surface area contributed by atoms with Crippen LogP contribution in [0, 0.1) is 12.8 Å². The summed E-state index contributed by atoms with van der Waals surface area (Å²) in [6.45, 7) is 5.62. The Kier molecular flexibility index (Phi) is 6.82. The highest BCUT2D eigenvalue weighted by Crippen LogP contribution is 2.20. The molecule has 0 spiro atoms. The highest BCUT2D eigenvalue weighted by molar-refractivity contribution is 6.31. The minimum atomic E-state index is -0.108. The topological polar surface area (TPSA) is 41.6 Å². The quantitative estimate of drug-likeness (QED) is 0.840. The van der Waals surface area contributed by atoms with Crippen molar-refractivity contribution < 1.29 is 9.53 Å². The molecular formula is C15H23ClN2O2. The van der Waals surface area contributed by atoms with Crippen molar-refractivity contribution >= 4 is 17.5 Å². The monoisotopic (exact) mass is 298 g/mol. The maximum Gasteiger partial charge on any atom is 0.257 e. The molecule has 1 unspecified atom stereocenters. The van der Waals surface area contributed by atoms with E-state index in [4.69, 9.17) is 16.3 Å². The Morgan fingerprint density at radius 2 is 2.15 bits per heavy atom. The fourth-order valence-electron chi connectivity index (χ4n) is 1.88. The van der Waals surface area contributed by atoms with Crippen molar-refractivity contribution in [2.45, 2.75) is 13.8 Å². The van der Waals surface area contributed by atoms with E-state index in [-0.39, 0.29) is 12.5 Å². The van der Waals surface area contributed by atoms with Crippen LogP contribution in [-0.4, -0.2) is 44.6 Å². The minimum Gasteiger partial charge on any atom is -0.484 e. The van der Waals surface area contributed by atoms with Gasteiger partial charge < -0.3 is 15.0 Å². The molecule has 112 valence electrons. The smallest absolute Gasteiger partial charge is 0.257 e. The number of nitrogens with zero attached hydrogens (tertiary/aromatic N) is 1. The van der Waals surface area contributed by atoms with Crippen molar-refractivity contribution in [2.75, 3.05) is 33.8 Å². The number of hydrogen-bond acceptors (Lipinski definition) is 3. The maximum absolute atomic E-state index is 11.7. The Balaban J connectivity index is 2.31. The average molecular weight is 299 g/mol. The first-order valence-electron chi connectivity index (χ1n) is 6.69. The molecule has 0 heterocycles. The SMILES string of the molecule is Cc1cc(OCC(=O)NCC(C)CN(C)C)ccc1Cl. The lowest BCUT2D eigenvalue weighted by Gasteiger charge is -2.17. The summed E-state index contributed by atoms with van der Waals surface area (Å²) >= 11 is 5.93. The van der Waals surface area contributed by atoms with Gasteiger partial charge in [-0.05, 0) is 50.7 Å². The second-order valence-corrected chi connectivity index (χ2v) is 5.78. The molecule has 0 fully saturated rings. The third-order valence-electron chi connectivity index (χ3n) is 2.82. The van der Waals surface area contributed by atoms with Crippen LogP contribution in [-0.2, 0) is 4.79 Å². The summed E-state index contributed by atoms with van der Waals surface area (Å²) in [5.74, 6) is 0.957. The van der Waals surface area contributed by atoms with E-state index in [9.17, 15) is 4.79 Å². The third-order valence-corrected chi connectivity index (χ3v) is 3.25. The molecule has 1 aromatic rings. The van der Waals surface area contributed by atoms with Crippen LogP contribution in [0.2, 0.25) is 5.02 Å². The molecule has 1 N–H and O–H groups in total. The summed E-state index contributed by atoms with van der Waals surface area (Å²) < 4.78 is 5.44. The van der Waals surface area contributed by atoms with Gasteiger partial charge in [-0.1, -0.05) is 18.5 Å². The summed E-state index contributed by atoms with van der Waals surface area (Å²) in [5.41, 5.74) is 0.934. The normalized spacial score (nSPS) is 12.3. The molecule has 1 aromatic carbocycles. The van der Waals surface area contributed by atoms with E-state index >= 15 is 0 Å². The molecular weight excluding hydrogens is 276 g/mol. The van der Waals surface area contributed by atoms with Crippen LogP contribution in [0.5, 0.6) is 5.75 Å². The number of rotatable bonds is 7. The molecule has 0 bridgehead atoms. The zero-order valence-electron chi connectivity index (χ0n) is 12.6. The molecule has 0 radical (unpaired) electrons. The van der Waals surface area contributed by atoms with E-state index in [0.29, 0.717) is 23.2 Å². The van der Waals surface area contributed by atoms with Crippen LogP contribution in [0.3, 0.4) is 0 Å². The minimum absolute atomic E-state index is 0.0236. The molecule has 1 atom stereocenters. The Labute approximate surface area is 126 Å². The predicted molar refractivity (Wildman–Crippen MR) is 82.4 cm³/mol. The molecule has 1 amide bonds. The first-order valence-corrected chi connectivity index (χ1v) is 7.06. The molecule has 4 nitrogen and oxygen atoms in total. The third kappa shape index (κ3) is 6.26. The van der Waals surface area contributed by atoms with Gasteiger partial charge in [0.05, 0.1) is 0 Å². The van der Waals surface area contributed by atoms with Crippen LogP contribution in [0.15, 0.2) is 18.2 Å². The number of ether oxygens (including phenoxy) is 1. The summed E-state index contributed by atoms with van der Waals surface area (Å²) in [6.07, 6.45) is 0. The maximum atomic E-state index is 11.7. The Morgan fingerprint density at radius 1 is 1.45 bits per heavy atom. The van der Waals surface area contributed by atoms with E-state index in [0.717, 1.165) is 12.1 Å². The van der Waals surface area contributed by atoms with Gasteiger partial charge in [-0.15, -0.1) is 0 Å². The number of carbonyl (C=O) groups excluding carboxylic acids is 1. The lowest BCUT2D eigenvalue weighted by atomic mass is 10.2. The van der Waals surface area contributed by atoms with E-state index in [1.165, 1.54) is 0 Å². The number of aryl methyl sites for hydroxylation is 1. The Bertz CT molecular complexity index is 449. The average Bonchev–Trinajstić information content (AvgIpc) is 2.37. The first kappa shape index (κ1) is 16.8. The van der Waals surface area contributed by atoms with Crippen LogP contribution in [0.25, 0.3) is 0 Å². The van der Waals surface area contributed by atoms with Crippen molar-refractivity contribution in [1.82, 2.24) is 10.2 Å². The second kappa shape index (κ2) is 8.12. The largest absolute Gasteiger partial charge is 0.484 e. The highest BCUT2D eigenvalue weighted by atomic mass is 35.5. The van der Waals surface area contributed by atoms with Gasteiger partial charge in [0.2, 0.25) is 0 Å². The molecule has 0 aromatic heterocycles. The highest BCUT2D eigenvalue weighted by Gasteiger charge is 2.07. The number of nitrogens with one attached hydrogen (secondary N) is 1. The fourth-order valence-corrected chi connectivity index (χ4v) is 2.00. The molecule has 0 aliphatic heterocycles. The van der Waals surface area contributed by atoms with Crippen molar-refractivity contribution in [3.63, 3.8) is 0 Å². The lowest BCUT2D eigenvalue weighted by Crippen LogP contribution is -2.35. The van der Waals surface area contributed by atoms with Gasteiger partial charge >= 0.3 is 0 Å². The van der Waals surface area contributed by atoms with Crippen molar-refractivity contribution in [1.29, 1.82) is 0 Å². The molecule has 0 saturated carbocycles. The molecule has 0 aliphatic rings.